The summed E-state index contributed by atoms with van der Waals surface area (Å²) in [6.07, 6.45) is 2.76. The third kappa shape index (κ3) is 2.36. The van der Waals surface area contributed by atoms with Crippen molar-refractivity contribution in [3.05, 3.63) is 65.2 Å². The van der Waals surface area contributed by atoms with Gasteiger partial charge in [-0.05, 0) is 29.7 Å². The summed E-state index contributed by atoms with van der Waals surface area (Å²) in [7, 11) is 0. The van der Waals surface area contributed by atoms with Crippen LogP contribution in [0, 0.1) is 6.92 Å². The van der Waals surface area contributed by atoms with Crippen molar-refractivity contribution in [1.82, 2.24) is 9.55 Å². The van der Waals surface area contributed by atoms with Crippen molar-refractivity contribution in [3.8, 4) is 0 Å². The van der Waals surface area contributed by atoms with Crippen LogP contribution in [-0.2, 0) is 13.0 Å². The highest BCUT2D eigenvalue weighted by atomic mass is 35.5. The van der Waals surface area contributed by atoms with Crippen LogP contribution in [0.1, 0.15) is 11.3 Å². The SMILES string of the molecule is Cc1ncn(CCc2cccc3ccccc23)c1Cl. The van der Waals surface area contributed by atoms with E-state index in [1.807, 2.05) is 17.8 Å². The summed E-state index contributed by atoms with van der Waals surface area (Å²) < 4.78 is 2.00. The molecule has 0 unspecified atom stereocenters. The van der Waals surface area contributed by atoms with E-state index in [9.17, 15) is 0 Å². The predicted molar refractivity (Wildman–Crippen MR) is 79.6 cm³/mol. The average molecular weight is 271 g/mol. The van der Waals surface area contributed by atoms with Gasteiger partial charge in [-0.15, -0.1) is 0 Å². The second-order valence-electron chi connectivity index (χ2n) is 4.70. The topological polar surface area (TPSA) is 17.8 Å². The van der Waals surface area contributed by atoms with E-state index in [1.165, 1.54) is 16.3 Å². The number of aromatic nitrogens is 2. The molecule has 0 radical (unpaired) electrons. The Kier molecular flexibility index (Phi) is 3.26. The summed E-state index contributed by atoms with van der Waals surface area (Å²) in [6.45, 7) is 2.78. The molecular weight excluding hydrogens is 256 g/mol. The Morgan fingerprint density at radius 3 is 2.68 bits per heavy atom. The third-order valence-corrected chi connectivity index (χ3v) is 3.93. The summed E-state index contributed by atoms with van der Waals surface area (Å²) in [5.41, 5.74) is 2.24. The van der Waals surface area contributed by atoms with Crippen molar-refractivity contribution in [3.63, 3.8) is 0 Å². The van der Waals surface area contributed by atoms with Crippen molar-refractivity contribution in [2.45, 2.75) is 19.9 Å². The molecular formula is C16H15ClN2. The Bertz CT molecular complexity index is 710. The molecule has 0 saturated heterocycles. The van der Waals surface area contributed by atoms with E-state index in [1.54, 1.807) is 0 Å². The van der Waals surface area contributed by atoms with E-state index in [0.29, 0.717) is 0 Å². The van der Waals surface area contributed by atoms with Crippen molar-refractivity contribution in [2.75, 3.05) is 0 Å². The van der Waals surface area contributed by atoms with E-state index in [-0.39, 0.29) is 0 Å². The minimum absolute atomic E-state index is 0.736. The normalized spacial score (nSPS) is 11.1. The van der Waals surface area contributed by atoms with Crippen LogP contribution < -0.4 is 0 Å². The van der Waals surface area contributed by atoms with Gasteiger partial charge in [-0.3, -0.25) is 0 Å². The lowest BCUT2D eigenvalue weighted by Crippen LogP contribution is -2.00. The highest BCUT2D eigenvalue weighted by molar-refractivity contribution is 6.30. The van der Waals surface area contributed by atoms with Gasteiger partial charge in [-0.2, -0.15) is 0 Å². The Morgan fingerprint density at radius 2 is 1.89 bits per heavy atom. The number of benzene rings is 2. The molecule has 3 heteroatoms. The first kappa shape index (κ1) is 12.2. The van der Waals surface area contributed by atoms with Crippen LogP contribution in [0.15, 0.2) is 48.8 Å². The van der Waals surface area contributed by atoms with Gasteiger partial charge in [0.05, 0.1) is 12.0 Å². The Morgan fingerprint density at radius 1 is 1.11 bits per heavy atom. The van der Waals surface area contributed by atoms with Crippen LogP contribution in [0.4, 0.5) is 0 Å². The number of hydrogen-bond donors (Lipinski definition) is 0. The van der Waals surface area contributed by atoms with Crippen LogP contribution in [0.5, 0.6) is 0 Å². The molecule has 96 valence electrons. The van der Waals surface area contributed by atoms with Gasteiger partial charge in [0.2, 0.25) is 0 Å². The molecule has 0 aliphatic carbocycles. The van der Waals surface area contributed by atoms with Gasteiger partial charge in [-0.1, -0.05) is 54.1 Å². The first-order valence-electron chi connectivity index (χ1n) is 6.39. The molecule has 0 aliphatic rings. The van der Waals surface area contributed by atoms with Gasteiger partial charge in [0.1, 0.15) is 5.15 Å². The highest BCUT2D eigenvalue weighted by Gasteiger charge is 2.05. The molecule has 0 spiro atoms. The highest BCUT2D eigenvalue weighted by Crippen LogP contribution is 2.20. The number of aryl methyl sites for hydroxylation is 3. The van der Waals surface area contributed by atoms with Gasteiger partial charge in [0.15, 0.2) is 0 Å². The summed E-state index contributed by atoms with van der Waals surface area (Å²) >= 11 is 6.19. The maximum atomic E-state index is 6.19. The summed E-state index contributed by atoms with van der Waals surface area (Å²) in [6, 6.07) is 14.9. The summed E-state index contributed by atoms with van der Waals surface area (Å²) in [5, 5.41) is 3.34. The monoisotopic (exact) mass is 270 g/mol. The Hall–Kier alpha value is -1.80. The van der Waals surface area contributed by atoms with Crippen LogP contribution in [0.2, 0.25) is 5.15 Å². The standard InChI is InChI=1S/C16H15ClN2/c1-12-16(17)19(11-18-12)10-9-14-7-4-6-13-5-2-3-8-15(13)14/h2-8,11H,9-10H2,1H3. The van der Waals surface area contributed by atoms with E-state index in [0.717, 1.165) is 23.8 Å². The first-order chi connectivity index (χ1) is 9.25. The van der Waals surface area contributed by atoms with Crippen molar-refractivity contribution >= 4 is 22.4 Å². The van der Waals surface area contributed by atoms with E-state index in [4.69, 9.17) is 11.6 Å². The van der Waals surface area contributed by atoms with E-state index < -0.39 is 0 Å². The molecule has 0 aliphatic heterocycles. The molecule has 0 amide bonds. The lowest BCUT2D eigenvalue weighted by atomic mass is 10.0. The number of hydrogen-bond acceptors (Lipinski definition) is 1. The van der Waals surface area contributed by atoms with Gasteiger partial charge in [-0.25, -0.2) is 4.98 Å². The van der Waals surface area contributed by atoms with Gasteiger partial charge >= 0.3 is 0 Å². The van der Waals surface area contributed by atoms with Gasteiger partial charge in [0.25, 0.3) is 0 Å². The fourth-order valence-electron chi connectivity index (χ4n) is 2.38. The van der Waals surface area contributed by atoms with Crippen LogP contribution in [0.25, 0.3) is 10.8 Å². The summed E-state index contributed by atoms with van der Waals surface area (Å²) in [5.74, 6) is 0. The van der Waals surface area contributed by atoms with Gasteiger partial charge in [0, 0.05) is 6.54 Å². The molecule has 2 nitrogen and oxygen atoms in total. The van der Waals surface area contributed by atoms with Crippen LogP contribution >= 0.6 is 11.6 Å². The fraction of sp³-hybridized carbons (Fsp3) is 0.188. The number of rotatable bonds is 3. The zero-order valence-corrected chi connectivity index (χ0v) is 11.6. The molecule has 0 fully saturated rings. The minimum Gasteiger partial charge on any atom is -0.321 e. The summed E-state index contributed by atoms with van der Waals surface area (Å²) in [4.78, 5) is 4.22. The van der Waals surface area contributed by atoms with Crippen molar-refractivity contribution < 1.29 is 0 Å². The number of nitrogens with zero attached hydrogens (tertiary/aromatic N) is 2. The Balaban J connectivity index is 1.88. The van der Waals surface area contributed by atoms with Crippen LogP contribution in [-0.4, -0.2) is 9.55 Å². The zero-order chi connectivity index (χ0) is 13.2. The molecule has 0 N–H and O–H groups in total. The number of fused-ring (bicyclic) bond motifs is 1. The molecule has 3 aromatic rings. The molecule has 0 saturated carbocycles. The number of imidazole rings is 1. The zero-order valence-electron chi connectivity index (χ0n) is 10.8. The largest absolute Gasteiger partial charge is 0.321 e. The molecule has 3 rings (SSSR count). The third-order valence-electron chi connectivity index (χ3n) is 3.44. The minimum atomic E-state index is 0.736. The maximum Gasteiger partial charge on any atom is 0.131 e. The molecule has 0 bridgehead atoms. The average Bonchev–Trinajstić information content (AvgIpc) is 2.76. The fourth-order valence-corrected chi connectivity index (χ4v) is 2.55. The maximum absolute atomic E-state index is 6.19. The number of halogens is 1. The molecule has 2 aromatic carbocycles. The quantitative estimate of drug-likeness (QED) is 0.696. The smallest absolute Gasteiger partial charge is 0.131 e. The Labute approximate surface area is 117 Å². The van der Waals surface area contributed by atoms with Crippen molar-refractivity contribution in [2.24, 2.45) is 0 Å². The van der Waals surface area contributed by atoms with Gasteiger partial charge < -0.3 is 4.57 Å². The molecule has 19 heavy (non-hydrogen) atoms. The van der Waals surface area contributed by atoms with E-state index >= 15 is 0 Å². The second kappa shape index (κ2) is 5.06. The van der Waals surface area contributed by atoms with Crippen LogP contribution in [0.3, 0.4) is 0 Å². The second-order valence-corrected chi connectivity index (χ2v) is 5.06. The molecule has 1 heterocycles. The van der Waals surface area contributed by atoms with E-state index in [2.05, 4.69) is 47.4 Å². The lowest BCUT2D eigenvalue weighted by molar-refractivity contribution is 0.698. The van der Waals surface area contributed by atoms with Crippen molar-refractivity contribution in [1.29, 1.82) is 0 Å². The molecule has 1 aromatic heterocycles. The molecule has 0 atom stereocenters. The first-order valence-corrected chi connectivity index (χ1v) is 6.77. The lowest BCUT2D eigenvalue weighted by Gasteiger charge is -2.08. The predicted octanol–water partition coefficient (Wildman–Crippen LogP) is 4.24.